The second-order valence-corrected chi connectivity index (χ2v) is 15.4. The van der Waals surface area contributed by atoms with Crippen molar-refractivity contribution < 1.29 is 0 Å². The van der Waals surface area contributed by atoms with Crippen LogP contribution in [0, 0.1) is 0 Å². The van der Waals surface area contributed by atoms with Gasteiger partial charge in [0.1, 0.15) is 6.17 Å². The summed E-state index contributed by atoms with van der Waals surface area (Å²) in [5.74, 6) is 0.313. The quantitative estimate of drug-likeness (QED) is 0.189. The van der Waals surface area contributed by atoms with Gasteiger partial charge in [-0.1, -0.05) is 140 Å². The third-order valence-corrected chi connectivity index (χ3v) is 12.4. The standard InChI is InChI=1S/C50H35N3S/c1-2-13-32(14-3-1)48-42-21-4-7-24-44(42)51-50(52-48)36-17-10-15-33(29-36)34-16-11-18-37(30-34)53-45-25-8-5-19-39(45)43-31-35(27-28-46(43)53)38-22-12-23-41-40-20-6-9-26-47(40)54-49(38)41/h1-30,35,50-51H,31H2. The van der Waals surface area contributed by atoms with Crippen LogP contribution in [0.15, 0.2) is 181 Å². The average Bonchev–Trinajstić information content (AvgIpc) is 3.79. The van der Waals surface area contributed by atoms with E-state index in [1.165, 1.54) is 64.7 Å². The van der Waals surface area contributed by atoms with E-state index in [1.54, 1.807) is 0 Å². The maximum absolute atomic E-state index is 5.29. The van der Waals surface area contributed by atoms with Gasteiger partial charge >= 0.3 is 0 Å². The summed E-state index contributed by atoms with van der Waals surface area (Å²) in [4.78, 5) is 5.29. The lowest BCUT2D eigenvalue weighted by molar-refractivity contribution is 0.828. The van der Waals surface area contributed by atoms with Gasteiger partial charge in [-0.15, -0.1) is 11.3 Å². The van der Waals surface area contributed by atoms with Gasteiger partial charge in [0.05, 0.1) is 11.2 Å². The van der Waals surface area contributed by atoms with Crippen molar-refractivity contribution in [1.82, 2.24) is 4.57 Å². The van der Waals surface area contributed by atoms with E-state index in [0.29, 0.717) is 5.92 Å². The summed E-state index contributed by atoms with van der Waals surface area (Å²) in [6.07, 6.45) is 5.58. The molecule has 2 atom stereocenters. The summed E-state index contributed by atoms with van der Waals surface area (Å²) < 4.78 is 5.22. The lowest BCUT2D eigenvalue weighted by atomic mass is 9.86. The molecular weight excluding hydrogens is 675 g/mol. The van der Waals surface area contributed by atoms with Crippen molar-refractivity contribution in [3.8, 4) is 16.8 Å². The molecule has 0 saturated carbocycles. The Labute approximate surface area is 318 Å². The van der Waals surface area contributed by atoms with Gasteiger partial charge in [-0.2, -0.15) is 0 Å². The lowest BCUT2D eigenvalue weighted by Gasteiger charge is -2.26. The molecule has 11 rings (SSSR count). The Kier molecular flexibility index (Phi) is 7.24. The van der Waals surface area contributed by atoms with E-state index in [4.69, 9.17) is 4.99 Å². The van der Waals surface area contributed by atoms with E-state index < -0.39 is 0 Å². The predicted molar refractivity (Wildman–Crippen MR) is 228 cm³/mol. The topological polar surface area (TPSA) is 29.3 Å². The predicted octanol–water partition coefficient (Wildman–Crippen LogP) is 13.0. The summed E-state index contributed by atoms with van der Waals surface area (Å²) >= 11 is 1.92. The number of hydrogen-bond acceptors (Lipinski definition) is 3. The van der Waals surface area contributed by atoms with Crippen LogP contribution >= 0.6 is 11.3 Å². The van der Waals surface area contributed by atoms with Crippen molar-refractivity contribution in [2.24, 2.45) is 4.99 Å². The number of rotatable bonds is 5. The Morgan fingerprint density at radius 2 is 1.33 bits per heavy atom. The van der Waals surface area contributed by atoms with Gasteiger partial charge in [0, 0.05) is 59.7 Å². The fraction of sp³-hybridized carbons (Fsp3) is 0.0600. The summed E-state index contributed by atoms with van der Waals surface area (Å²) in [5, 5.41) is 7.76. The van der Waals surface area contributed by atoms with Crippen molar-refractivity contribution in [2.75, 3.05) is 5.32 Å². The summed E-state index contributed by atoms with van der Waals surface area (Å²) in [5.41, 5.74) is 14.4. The van der Waals surface area contributed by atoms with Crippen molar-refractivity contribution in [1.29, 1.82) is 0 Å². The van der Waals surface area contributed by atoms with Gasteiger partial charge in [-0.25, -0.2) is 0 Å². The highest BCUT2D eigenvalue weighted by atomic mass is 32.1. The first-order chi connectivity index (χ1) is 26.8. The molecule has 0 amide bonds. The maximum atomic E-state index is 5.29. The largest absolute Gasteiger partial charge is 0.360 e. The van der Waals surface area contributed by atoms with Crippen molar-refractivity contribution >= 4 is 59.9 Å². The number of fused-ring (bicyclic) bond motifs is 7. The number of aromatic nitrogens is 1. The minimum atomic E-state index is -0.199. The highest BCUT2D eigenvalue weighted by Gasteiger charge is 2.26. The number of para-hydroxylation sites is 2. The molecule has 2 unspecified atom stereocenters. The number of aliphatic imine (C=N–C) groups is 1. The van der Waals surface area contributed by atoms with Crippen LogP contribution in [-0.4, -0.2) is 10.3 Å². The number of nitrogens with zero attached hydrogens (tertiary/aromatic N) is 2. The monoisotopic (exact) mass is 709 g/mol. The van der Waals surface area contributed by atoms with Crippen LogP contribution < -0.4 is 5.32 Å². The Bertz CT molecular complexity index is 2960. The molecular formula is C50H35N3S. The highest BCUT2D eigenvalue weighted by Crippen LogP contribution is 2.44. The Morgan fingerprint density at radius 1 is 0.611 bits per heavy atom. The Morgan fingerprint density at radius 3 is 2.26 bits per heavy atom. The van der Waals surface area contributed by atoms with Crippen molar-refractivity contribution in [3.63, 3.8) is 0 Å². The van der Waals surface area contributed by atoms with Crippen LogP contribution in [0.4, 0.5) is 5.69 Å². The second kappa shape index (κ2) is 12.6. The molecule has 2 aliphatic rings. The van der Waals surface area contributed by atoms with E-state index in [1.807, 2.05) is 11.3 Å². The maximum Gasteiger partial charge on any atom is 0.145 e. The van der Waals surface area contributed by atoms with E-state index in [2.05, 4.69) is 192 Å². The molecule has 0 spiro atoms. The molecule has 0 bridgehead atoms. The Hall–Kier alpha value is -6.49. The zero-order valence-electron chi connectivity index (χ0n) is 29.5. The first-order valence-corrected chi connectivity index (χ1v) is 19.5. The molecule has 3 nitrogen and oxygen atoms in total. The van der Waals surface area contributed by atoms with E-state index in [-0.39, 0.29) is 6.17 Å². The highest BCUT2D eigenvalue weighted by molar-refractivity contribution is 7.26. The smallest absolute Gasteiger partial charge is 0.145 e. The van der Waals surface area contributed by atoms with Gasteiger partial charge in [-0.3, -0.25) is 4.99 Å². The second-order valence-electron chi connectivity index (χ2n) is 14.3. The molecule has 1 aliphatic carbocycles. The zero-order chi connectivity index (χ0) is 35.6. The first kappa shape index (κ1) is 31.1. The summed E-state index contributed by atoms with van der Waals surface area (Å²) in [6, 6.07) is 61.4. The van der Waals surface area contributed by atoms with Gasteiger partial charge in [0.2, 0.25) is 0 Å². The number of hydrogen-bond donors (Lipinski definition) is 1. The van der Waals surface area contributed by atoms with Gasteiger partial charge in [-0.05, 0) is 76.7 Å². The van der Waals surface area contributed by atoms with Crippen molar-refractivity contribution in [2.45, 2.75) is 18.5 Å². The summed E-state index contributed by atoms with van der Waals surface area (Å²) in [6.45, 7) is 0. The normalized spacial score (nSPS) is 16.3. The molecule has 0 fully saturated rings. The van der Waals surface area contributed by atoms with Crippen LogP contribution in [0.1, 0.15) is 45.6 Å². The lowest BCUT2D eigenvalue weighted by Crippen LogP contribution is -2.20. The molecule has 1 aliphatic heterocycles. The number of anilines is 1. The summed E-state index contributed by atoms with van der Waals surface area (Å²) in [7, 11) is 0. The molecule has 0 radical (unpaired) electrons. The Balaban J connectivity index is 0.969. The van der Waals surface area contributed by atoms with Crippen molar-refractivity contribution in [3.05, 3.63) is 209 Å². The number of allylic oxidation sites excluding steroid dienone is 1. The molecule has 4 heteroatoms. The SMILES string of the molecule is C1=CC(c2cccc3c2sc2ccccc23)Cc2c1n(-c1cccc(-c3cccc(C4N=C(c5ccccc5)c5ccccc5N4)c3)c1)c1ccccc21. The van der Waals surface area contributed by atoms with Crippen LogP contribution in [0.3, 0.4) is 0 Å². The molecule has 9 aromatic rings. The molecule has 256 valence electrons. The molecule has 1 N–H and O–H groups in total. The van der Waals surface area contributed by atoms with Gasteiger partial charge in [0.15, 0.2) is 0 Å². The van der Waals surface area contributed by atoms with Crippen LogP contribution in [0.2, 0.25) is 0 Å². The van der Waals surface area contributed by atoms with Gasteiger partial charge < -0.3 is 9.88 Å². The van der Waals surface area contributed by atoms with E-state index >= 15 is 0 Å². The third-order valence-electron chi connectivity index (χ3n) is 11.2. The number of nitrogens with one attached hydrogen (secondary N) is 1. The minimum absolute atomic E-state index is 0.199. The molecule has 0 saturated heterocycles. The number of benzene rings is 7. The number of thiophene rings is 1. The van der Waals surface area contributed by atoms with Crippen LogP contribution in [-0.2, 0) is 6.42 Å². The zero-order valence-corrected chi connectivity index (χ0v) is 30.3. The fourth-order valence-electron chi connectivity index (χ4n) is 8.65. The molecule has 7 aromatic carbocycles. The molecule has 3 heterocycles. The van der Waals surface area contributed by atoms with Gasteiger partial charge in [0.25, 0.3) is 0 Å². The average molecular weight is 710 g/mol. The van der Waals surface area contributed by atoms with E-state index in [0.717, 1.165) is 34.5 Å². The van der Waals surface area contributed by atoms with E-state index in [9.17, 15) is 0 Å². The minimum Gasteiger partial charge on any atom is -0.360 e. The molecule has 2 aromatic heterocycles. The third kappa shape index (κ3) is 5.06. The fourth-order valence-corrected chi connectivity index (χ4v) is 9.93. The van der Waals surface area contributed by atoms with Crippen LogP contribution in [0.5, 0.6) is 0 Å². The van der Waals surface area contributed by atoms with Crippen LogP contribution in [0.25, 0.3) is 54.0 Å². The molecule has 54 heavy (non-hydrogen) atoms. The first-order valence-electron chi connectivity index (χ1n) is 18.7.